The predicted molar refractivity (Wildman–Crippen MR) is 112 cm³/mol. The molecule has 1 aliphatic heterocycles. The average Bonchev–Trinajstić information content (AvgIpc) is 2.58. The maximum Gasteiger partial charge on any atom is 0.191 e. The van der Waals surface area contributed by atoms with Crippen molar-refractivity contribution < 1.29 is 0 Å². The highest BCUT2D eigenvalue weighted by atomic mass is 127. The third kappa shape index (κ3) is 8.28. The van der Waals surface area contributed by atoms with Crippen LogP contribution in [0, 0.1) is 5.92 Å². The quantitative estimate of drug-likeness (QED) is 0.385. The average molecular weight is 445 g/mol. The van der Waals surface area contributed by atoms with Crippen LogP contribution in [0.3, 0.4) is 0 Å². The van der Waals surface area contributed by atoms with Gasteiger partial charge in [0.2, 0.25) is 0 Å². The van der Waals surface area contributed by atoms with Gasteiger partial charge in [-0.05, 0) is 50.9 Å². The van der Waals surface area contributed by atoms with E-state index in [1.807, 2.05) is 18.3 Å². The molecule has 0 atom stereocenters. The molecule has 2 rings (SSSR count). The molecule has 0 unspecified atom stereocenters. The zero-order valence-corrected chi connectivity index (χ0v) is 17.3. The molecule has 0 radical (unpaired) electrons. The Kier molecular flexibility index (Phi) is 11.0. The fourth-order valence-electron chi connectivity index (χ4n) is 2.79. The number of aliphatic imine (C=N–C) groups is 1. The standard InChI is InChI=1S/C18H31N5.HI/c1-3-19-18(21-11-7-17-6-4-5-10-20-17)22-12-15-23-13-8-16(2)9-14-23;/h4-6,10,16H,3,7-9,11-15H2,1-2H3,(H2,19,21,22);1H. The van der Waals surface area contributed by atoms with Gasteiger partial charge >= 0.3 is 0 Å². The predicted octanol–water partition coefficient (Wildman–Crippen LogP) is 2.53. The van der Waals surface area contributed by atoms with Crippen LogP contribution < -0.4 is 10.6 Å². The van der Waals surface area contributed by atoms with Crippen molar-refractivity contribution in [2.24, 2.45) is 10.9 Å². The molecule has 0 aliphatic carbocycles. The number of piperidine rings is 1. The first-order valence-corrected chi connectivity index (χ1v) is 8.92. The normalized spacial score (nSPS) is 16.5. The highest BCUT2D eigenvalue weighted by molar-refractivity contribution is 14.0. The Morgan fingerprint density at radius 1 is 1.29 bits per heavy atom. The van der Waals surface area contributed by atoms with Gasteiger partial charge in [0.1, 0.15) is 0 Å². The van der Waals surface area contributed by atoms with Crippen molar-refractivity contribution in [1.82, 2.24) is 20.5 Å². The Morgan fingerprint density at radius 2 is 2.08 bits per heavy atom. The van der Waals surface area contributed by atoms with Gasteiger partial charge in [0, 0.05) is 37.9 Å². The Balaban J connectivity index is 0.00000288. The van der Waals surface area contributed by atoms with Crippen molar-refractivity contribution in [3.63, 3.8) is 0 Å². The number of halogens is 1. The summed E-state index contributed by atoms with van der Waals surface area (Å²) in [5, 5.41) is 6.71. The van der Waals surface area contributed by atoms with E-state index >= 15 is 0 Å². The van der Waals surface area contributed by atoms with Gasteiger partial charge in [0.15, 0.2) is 5.96 Å². The molecule has 0 aromatic carbocycles. The van der Waals surface area contributed by atoms with E-state index in [9.17, 15) is 0 Å². The summed E-state index contributed by atoms with van der Waals surface area (Å²) in [5.74, 6) is 1.80. The molecule has 6 heteroatoms. The van der Waals surface area contributed by atoms with Crippen molar-refractivity contribution in [1.29, 1.82) is 0 Å². The lowest BCUT2D eigenvalue weighted by molar-refractivity contribution is 0.197. The number of guanidine groups is 1. The van der Waals surface area contributed by atoms with Crippen LogP contribution in [0.2, 0.25) is 0 Å². The van der Waals surface area contributed by atoms with E-state index in [0.29, 0.717) is 0 Å². The van der Waals surface area contributed by atoms with Gasteiger partial charge in [-0.25, -0.2) is 0 Å². The molecular formula is C18H32IN5. The maximum atomic E-state index is 4.69. The van der Waals surface area contributed by atoms with Crippen LogP contribution in [0.4, 0.5) is 0 Å². The summed E-state index contributed by atoms with van der Waals surface area (Å²) >= 11 is 0. The van der Waals surface area contributed by atoms with Crippen LogP contribution in [-0.2, 0) is 6.42 Å². The zero-order chi connectivity index (χ0) is 16.3. The molecule has 1 saturated heterocycles. The molecule has 1 aromatic rings. The van der Waals surface area contributed by atoms with E-state index in [-0.39, 0.29) is 24.0 Å². The molecule has 0 saturated carbocycles. The van der Waals surface area contributed by atoms with E-state index in [0.717, 1.165) is 50.2 Å². The van der Waals surface area contributed by atoms with Gasteiger partial charge in [-0.2, -0.15) is 0 Å². The number of pyridine rings is 1. The van der Waals surface area contributed by atoms with Gasteiger partial charge in [-0.1, -0.05) is 13.0 Å². The summed E-state index contributed by atoms with van der Waals surface area (Å²) < 4.78 is 0. The monoisotopic (exact) mass is 445 g/mol. The lowest BCUT2D eigenvalue weighted by atomic mass is 9.99. The molecule has 0 amide bonds. The molecule has 2 N–H and O–H groups in total. The third-order valence-electron chi connectivity index (χ3n) is 4.31. The number of nitrogens with zero attached hydrogens (tertiary/aromatic N) is 3. The number of nitrogens with one attached hydrogen (secondary N) is 2. The lowest BCUT2D eigenvalue weighted by Crippen LogP contribution is -2.39. The summed E-state index contributed by atoms with van der Waals surface area (Å²) in [6.45, 7) is 10.5. The number of likely N-dealkylation sites (tertiary alicyclic amines) is 1. The first-order chi connectivity index (χ1) is 11.3. The van der Waals surface area contributed by atoms with Crippen molar-refractivity contribution in [3.8, 4) is 0 Å². The highest BCUT2D eigenvalue weighted by Crippen LogP contribution is 2.15. The second kappa shape index (κ2) is 12.5. The summed E-state index contributed by atoms with van der Waals surface area (Å²) in [6, 6.07) is 6.04. The lowest BCUT2D eigenvalue weighted by Gasteiger charge is -2.29. The molecule has 1 aliphatic rings. The minimum absolute atomic E-state index is 0. The fraction of sp³-hybridized carbons (Fsp3) is 0.667. The van der Waals surface area contributed by atoms with Crippen LogP contribution in [0.25, 0.3) is 0 Å². The molecule has 136 valence electrons. The molecule has 2 heterocycles. The van der Waals surface area contributed by atoms with E-state index in [1.54, 1.807) is 0 Å². The van der Waals surface area contributed by atoms with Crippen LogP contribution in [-0.4, -0.2) is 55.1 Å². The minimum Gasteiger partial charge on any atom is -0.357 e. The summed E-state index contributed by atoms with van der Waals surface area (Å²) in [5.41, 5.74) is 1.11. The first kappa shape index (κ1) is 21.2. The van der Waals surface area contributed by atoms with Gasteiger partial charge in [-0.15, -0.1) is 24.0 Å². The van der Waals surface area contributed by atoms with Gasteiger partial charge in [0.25, 0.3) is 0 Å². The van der Waals surface area contributed by atoms with E-state index in [4.69, 9.17) is 4.99 Å². The van der Waals surface area contributed by atoms with Gasteiger partial charge in [-0.3, -0.25) is 9.98 Å². The van der Waals surface area contributed by atoms with E-state index in [2.05, 4.69) is 40.4 Å². The van der Waals surface area contributed by atoms with Crippen molar-refractivity contribution in [2.45, 2.75) is 33.1 Å². The second-order valence-electron chi connectivity index (χ2n) is 6.28. The summed E-state index contributed by atoms with van der Waals surface area (Å²) in [6.07, 6.45) is 5.40. The topological polar surface area (TPSA) is 52.6 Å². The fourth-order valence-corrected chi connectivity index (χ4v) is 2.79. The van der Waals surface area contributed by atoms with Crippen LogP contribution in [0.15, 0.2) is 29.4 Å². The molecular weight excluding hydrogens is 413 g/mol. The molecule has 0 bridgehead atoms. The van der Waals surface area contributed by atoms with Crippen LogP contribution >= 0.6 is 24.0 Å². The van der Waals surface area contributed by atoms with Crippen LogP contribution in [0.5, 0.6) is 0 Å². The molecule has 5 nitrogen and oxygen atoms in total. The number of hydrogen-bond donors (Lipinski definition) is 2. The molecule has 24 heavy (non-hydrogen) atoms. The van der Waals surface area contributed by atoms with E-state index in [1.165, 1.54) is 25.9 Å². The molecule has 0 spiro atoms. The maximum absolute atomic E-state index is 4.69. The van der Waals surface area contributed by atoms with Gasteiger partial charge in [0.05, 0.1) is 6.54 Å². The highest BCUT2D eigenvalue weighted by Gasteiger charge is 2.14. The first-order valence-electron chi connectivity index (χ1n) is 8.92. The van der Waals surface area contributed by atoms with Crippen molar-refractivity contribution in [2.75, 3.05) is 39.3 Å². The number of aromatic nitrogens is 1. The number of hydrogen-bond acceptors (Lipinski definition) is 3. The Morgan fingerprint density at radius 3 is 2.75 bits per heavy atom. The minimum atomic E-state index is 0. The Hall–Kier alpha value is -0.890. The molecule has 1 aromatic heterocycles. The van der Waals surface area contributed by atoms with Gasteiger partial charge < -0.3 is 15.5 Å². The largest absolute Gasteiger partial charge is 0.357 e. The Bertz CT molecular complexity index is 458. The number of rotatable bonds is 7. The zero-order valence-electron chi connectivity index (χ0n) is 15.0. The summed E-state index contributed by atoms with van der Waals surface area (Å²) in [4.78, 5) is 11.6. The van der Waals surface area contributed by atoms with Crippen molar-refractivity contribution in [3.05, 3.63) is 30.1 Å². The Labute approximate surface area is 163 Å². The van der Waals surface area contributed by atoms with E-state index < -0.39 is 0 Å². The summed E-state index contributed by atoms with van der Waals surface area (Å²) in [7, 11) is 0. The smallest absolute Gasteiger partial charge is 0.191 e. The second-order valence-corrected chi connectivity index (χ2v) is 6.28. The van der Waals surface area contributed by atoms with Crippen LogP contribution in [0.1, 0.15) is 32.4 Å². The third-order valence-corrected chi connectivity index (χ3v) is 4.31. The SMILES string of the molecule is CCNC(=NCCN1CCC(C)CC1)NCCc1ccccn1.I. The van der Waals surface area contributed by atoms with Crippen molar-refractivity contribution >= 4 is 29.9 Å². The molecule has 1 fully saturated rings.